The normalized spacial score (nSPS) is 19.4. The molecule has 1 aliphatic rings. The number of rotatable bonds is 5. The Hall–Kier alpha value is -3.11. The summed E-state index contributed by atoms with van der Waals surface area (Å²) in [6, 6.07) is 18.1. The molecule has 0 saturated carbocycles. The molecular weight excluding hydrogens is 469 g/mol. The Morgan fingerprint density at radius 1 is 1.09 bits per heavy atom. The van der Waals surface area contributed by atoms with Crippen LogP contribution in [-0.4, -0.2) is 64.2 Å². The zero-order chi connectivity index (χ0) is 24.9. The number of nitrogens with one attached hydrogen (secondary N) is 1. The zero-order valence-electron chi connectivity index (χ0n) is 19.4. The van der Waals surface area contributed by atoms with Gasteiger partial charge in [-0.25, -0.2) is 9.37 Å². The van der Waals surface area contributed by atoms with Crippen molar-refractivity contribution in [3.05, 3.63) is 66.5 Å². The van der Waals surface area contributed by atoms with Crippen molar-refractivity contribution >= 4 is 28.5 Å². The fourth-order valence-corrected chi connectivity index (χ4v) is 3.85. The molecule has 1 fully saturated rings. The molecule has 5 N–H and O–H groups in total. The minimum atomic E-state index is -0.953. The standard InChI is InChI=1S/C24H22FN3O4.C2H6S/c25-17-9-18-19(10-22(27-18)32-21-12-31-20(11-29)24(21)30)28-23(17)15-3-1-13(2-4-15)14-5-7-16(26)8-6-14;1-3-2/h1-10,20-21,24,27,29-30H,11-12,26H2;1-2H3/t20?,21-,24?;/m1./s1. The molecule has 5 rings (SSSR count). The molecule has 4 aromatic rings. The molecule has 0 radical (unpaired) electrons. The number of aromatic amines is 1. The third-order valence-corrected chi connectivity index (χ3v) is 5.63. The molecule has 7 nitrogen and oxygen atoms in total. The number of hydrogen-bond donors (Lipinski definition) is 4. The summed E-state index contributed by atoms with van der Waals surface area (Å²) < 4.78 is 25.9. The lowest BCUT2D eigenvalue weighted by molar-refractivity contribution is -0.00355. The van der Waals surface area contributed by atoms with E-state index in [2.05, 4.69) is 9.97 Å². The number of nitrogen functional groups attached to an aromatic ring is 1. The average molecular weight is 498 g/mol. The molecule has 9 heteroatoms. The first-order valence-electron chi connectivity index (χ1n) is 11.1. The number of nitrogens with zero attached hydrogens (tertiary/aromatic N) is 1. The maximum Gasteiger partial charge on any atom is 0.193 e. The van der Waals surface area contributed by atoms with Crippen LogP contribution in [0.5, 0.6) is 5.88 Å². The van der Waals surface area contributed by atoms with Crippen LogP contribution >= 0.6 is 11.8 Å². The number of H-pyrrole nitrogens is 1. The molecule has 2 aromatic heterocycles. The van der Waals surface area contributed by atoms with Crippen molar-refractivity contribution in [2.24, 2.45) is 0 Å². The molecule has 0 bridgehead atoms. The summed E-state index contributed by atoms with van der Waals surface area (Å²) in [7, 11) is 0. The van der Waals surface area contributed by atoms with Crippen molar-refractivity contribution in [2.45, 2.75) is 18.3 Å². The maximum atomic E-state index is 14.8. The van der Waals surface area contributed by atoms with Crippen LogP contribution in [0.15, 0.2) is 60.7 Å². The van der Waals surface area contributed by atoms with E-state index in [0.717, 1.165) is 11.1 Å². The molecule has 3 atom stereocenters. The molecular formula is C26H28FN3O4S. The topological polar surface area (TPSA) is 114 Å². The van der Waals surface area contributed by atoms with Gasteiger partial charge in [-0.2, -0.15) is 11.8 Å². The lowest BCUT2D eigenvalue weighted by atomic mass is 10.0. The number of hydrogen-bond acceptors (Lipinski definition) is 7. The molecule has 0 aliphatic carbocycles. The average Bonchev–Trinajstić information content (AvgIpc) is 3.41. The number of benzene rings is 2. The van der Waals surface area contributed by atoms with Gasteiger partial charge >= 0.3 is 0 Å². The first-order chi connectivity index (χ1) is 16.9. The van der Waals surface area contributed by atoms with E-state index in [-0.39, 0.29) is 18.9 Å². The quantitative estimate of drug-likeness (QED) is 0.307. The summed E-state index contributed by atoms with van der Waals surface area (Å²) in [5.74, 6) is -0.121. The Kier molecular flexibility index (Phi) is 7.92. The number of aliphatic hydroxyl groups is 2. The van der Waals surface area contributed by atoms with Crippen LogP contribution < -0.4 is 10.5 Å². The van der Waals surface area contributed by atoms with Gasteiger partial charge in [0.05, 0.1) is 24.2 Å². The monoisotopic (exact) mass is 497 g/mol. The third-order valence-electron chi connectivity index (χ3n) is 5.63. The number of nitrogens with two attached hydrogens (primary N) is 1. The summed E-state index contributed by atoms with van der Waals surface area (Å²) in [4.78, 5) is 7.43. The van der Waals surface area contributed by atoms with Crippen molar-refractivity contribution in [2.75, 3.05) is 31.5 Å². The Labute approximate surface area is 207 Å². The number of ether oxygens (including phenoxy) is 2. The van der Waals surface area contributed by atoms with Gasteiger partial charge in [0.2, 0.25) is 0 Å². The highest BCUT2D eigenvalue weighted by atomic mass is 32.2. The first kappa shape index (κ1) is 25.0. The Morgan fingerprint density at radius 2 is 1.69 bits per heavy atom. The van der Waals surface area contributed by atoms with Crippen molar-refractivity contribution in [3.8, 4) is 28.3 Å². The van der Waals surface area contributed by atoms with Gasteiger partial charge in [0.25, 0.3) is 0 Å². The number of halogens is 1. The maximum absolute atomic E-state index is 14.8. The van der Waals surface area contributed by atoms with Crippen LogP contribution in [0, 0.1) is 5.82 Å². The highest BCUT2D eigenvalue weighted by molar-refractivity contribution is 7.97. The molecule has 35 heavy (non-hydrogen) atoms. The van der Waals surface area contributed by atoms with Gasteiger partial charge in [0, 0.05) is 23.4 Å². The Balaban J connectivity index is 0.000000917. The van der Waals surface area contributed by atoms with Crippen molar-refractivity contribution in [1.82, 2.24) is 9.97 Å². The summed E-state index contributed by atoms with van der Waals surface area (Å²) in [5, 5.41) is 19.3. The lowest BCUT2D eigenvalue weighted by Gasteiger charge is -2.16. The SMILES string of the molecule is CSC.Nc1ccc(-c2ccc(-c3nc4cc(O[C@@H]5COC(CO)C5O)[nH]c4cc3F)cc2)cc1. The Bertz CT molecular complexity index is 1260. The van der Waals surface area contributed by atoms with E-state index in [0.29, 0.717) is 28.2 Å². The molecule has 1 saturated heterocycles. The summed E-state index contributed by atoms with van der Waals surface area (Å²) in [6.45, 7) is -0.143. The van der Waals surface area contributed by atoms with E-state index in [1.54, 1.807) is 17.8 Å². The van der Waals surface area contributed by atoms with Crippen molar-refractivity contribution < 1.29 is 24.1 Å². The first-order valence-corrected chi connectivity index (χ1v) is 12.7. The minimum Gasteiger partial charge on any atom is -0.470 e. The number of anilines is 1. The van der Waals surface area contributed by atoms with E-state index < -0.39 is 24.1 Å². The largest absolute Gasteiger partial charge is 0.470 e. The van der Waals surface area contributed by atoms with Gasteiger partial charge in [0.15, 0.2) is 17.8 Å². The van der Waals surface area contributed by atoms with E-state index in [1.807, 2.05) is 61.0 Å². The summed E-state index contributed by atoms with van der Waals surface area (Å²) in [5.41, 5.74) is 10.3. The minimum absolute atomic E-state index is 0.148. The van der Waals surface area contributed by atoms with Gasteiger partial charge in [0.1, 0.15) is 17.9 Å². The second-order valence-electron chi connectivity index (χ2n) is 8.19. The highest BCUT2D eigenvalue weighted by Gasteiger charge is 2.37. The second kappa shape index (κ2) is 11.1. The fraction of sp³-hybridized carbons (Fsp3) is 0.269. The van der Waals surface area contributed by atoms with E-state index in [1.165, 1.54) is 6.07 Å². The number of pyridine rings is 1. The molecule has 184 valence electrons. The molecule has 0 spiro atoms. The van der Waals surface area contributed by atoms with Gasteiger partial charge in [-0.1, -0.05) is 36.4 Å². The number of aliphatic hydroxyl groups excluding tert-OH is 2. The highest BCUT2D eigenvalue weighted by Crippen LogP contribution is 2.30. The number of thioether (sulfide) groups is 1. The molecule has 3 heterocycles. The second-order valence-corrected chi connectivity index (χ2v) is 9.01. The van der Waals surface area contributed by atoms with Gasteiger partial charge in [-0.05, 0) is 35.8 Å². The molecule has 0 amide bonds. The number of aromatic nitrogens is 2. The van der Waals surface area contributed by atoms with Crippen LogP contribution in [0.25, 0.3) is 33.4 Å². The summed E-state index contributed by atoms with van der Waals surface area (Å²) >= 11 is 1.75. The van der Waals surface area contributed by atoms with Crippen molar-refractivity contribution in [3.63, 3.8) is 0 Å². The Morgan fingerprint density at radius 3 is 2.29 bits per heavy atom. The van der Waals surface area contributed by atoms with Crippen molar-refractivity contribution in [1.29, 1.82) is 0 Å². The van der Waals surface area contributed by atoms with Crippen LogP contribution in [0.3, 0.4) is 0 Å². The smallest absolute Gasteiger partial charge is 0.193 e. The van der Waals surface area contributed by atoms with Crippen LogP contribution in [-0.2, 0) is 4.74 Å². The van der Waals surface area contributed by atoms with E-state index in [9.17, 15) is 14.6 Å². The molecule has 1 aliphatic heterocycles. The van der Waals surface area contributed by atoms with Crippen LogP contribution in [0.4, 0.5) is 10.1 Å². The van der Waals surface area contributed by atoms with Gasteiger partial charge in [-0.15, -0.1) is 0 Å². The van der Waals surface area contributed by atoms with E-state index in [4.69, 9.17) is 15.2 Å². The van der Waals surface area contributed by atoms with Gasteiger partial charge in [-0.3, -0.25) is 0 Å². The molecule has 2 aromatic carbocycles. The predicted molar refractivity (Wildman–Crippen MR) is 138 cm³/mol. The number of fused-ring (bicyclic) bond motifs is 1. The molecule has 2 unspecified atom stereocenters. The van der Waals surface area contributed by atoms with Gasteiger partial charge < -0.3 is 30.4 Å². The fourth-order valence-electron chi connectivity index (χ4n) is 3.85. The van der Waals surface area contributed by atoms with E-state index >= 15 is 0 Å². The lowest BCUT2D eigenvalue weighted by Crippen LogP contribution is -2.35. The predicted octanol–water partition coefficient (Wildman–Crippen LogP) is 4.10. The third kappa shape index (κ3) is 5.59. The van der Waals surface area contributed by atoms with Crippen LogP contribution in [0.2, 0.25) is 0 Å². The zero-order valence-corrected chi connectivity index (χ0v) is 20.3. The summed E-state index contributed by atoms with van der Waals surface area (Å²) in [6.07, 6.45) is 1.82. The van der Waals surface area contributed by atoms with Crippen LogP contribution in [0.1, 0.15) is 0 Å².